The monoisotopic (exact) mass is 406 g/mol. The molecule has 0 bridgehead atoms. The average Bonchev–Trinajstić information content (AvgIpc) is 3.13. The van der Waals surface area contributed by atoms with Crippen LogP contribution in [0, 0.1) is 11.6 Å². The highest BCUT2D eigenvalue weighted by atomic mass is 32.2. The van der Waals surface area contributed by atoms with Crippen molar-refractivity contribution in [1.29, 1.82) is 0 Å². The van der Waals surface area contributed by atoms with E-state index in [2.05, 4.69) is 10.3 Å². The van der Waals surface area contributed by atoms with Gasteiger partial charge in [0.15, 0.2) is 4.34 Å². The lowest BCUT2D eigenvalue weighted by Crippen LogP contribution is -2.29. The molecule has 0 aliphatic rings. The number of halogens is 2. The molecule has 0 unspecified atom stereocenters. The second kappa shape index (κ2) is 9.48. The molecule has 2 aromatic carbocycles. The van der Waals surface area contributed by atoms with Crippen LogP contribution < -0.4 is 10.1 Å². The van der Waals surface area contributed by atoms with Gasteiger partial charge in [-0.05, 0) is 36.4 Å². The first-order valence-corrected chi connectivity index (χ1v) is 9.96. The Kier molecular flexibility index (Phi) is 6.78. The van der Waals surface area contributed by atoms with E-state index < -0.39 is 0 Å². The number of nitrogens with one attached hydrogen (secondary N) is 1. The molecule has 0 spiro atoms. The van der Waals surface area contributed by atoms with Crippen LogP contribution in [0.2, 0.25) is 0 Å². The SMILES string of the molecule is O=C(CSc1nc(-c2ccc(F)cc2)cs1)NCCOc1cccc(F)c1. The quantitative estimate of drug-likeness (QED) is 0.446. The van der Waals surface area contributed by atoms with E-state index in [-0.39, 0.29) is 29.9 Å². The average molecular weight is 406 g/mol. The molecule has 8 heteroatoms. The van der Waals surface area contributed by atoms with Crippen LogP contribution in [0.4, 0.5) is 8.78 Å². The number of carbonyl (C=O) groups is 1. The Hall–Kier alpha value is -2.45. The topological polar surface area (TPSA) is 51.2 Å². The number of carbonyl (C=O) groups excluding carboxylic acids is 1. The van der Waals surface area contributed by atoms with Crippen LogP contribution in [0.25, 0.3) is 11.3 Å². The fourth-order valence-electron chi connectivity index (χ4n) is 2.17. The summed E-state index contributed by atoms with van der Waals surface area (Å²) in [5.41, 5.74) is 1.59. The van der Waals surface area contributed by atoms with E-state index in [1.165, 1.54) is 47.4 Å². The predicted octanol–water partition coefficient (Wildman–Crippen LogP) is 4.38. The minimum atomic E-state index is -0.364. The summed E-state index contributed by atoms with van der Waals surface area (Å²) in [7, 11) is 0. The number of benzene rings is 2. The summed E-state index contributed by atoms with van der Waals surface area (Å²) in [5, 5.41) is 4.61. The summed E-state index contributed by atoms with van der Waals surface area (Å²) in [4.78, 5) is 16.3. The first kappa shape index (κ1) is 19.3. The first-order chi connectivity index (χ1) is 13.1. The van der Waals surface area contributed by atoms with Crippen molar-refractivity contribution in [3.8, 4) is 17.0 Å². The zero-order valence-electron chi connectivity index (χ0n) is 14.2. The predicted molar refractivity (Wildman–Crippen MR) is 103 cm³/mol. The van der Waals surface area contributed by atoms with Crippen LogP contribution in [-0.4, -0.2) is 29.8 Å². The lowest BCUT2D eigenvalue weighted by molar-refractivity contribution is -0.118. The second-order valence-electron chi connectivity index (χ2n) is 5.45. The lowest BCUT2D eigenvalue weighted by atomic mass is 10.2. The molecule has 1 aromatic heterocycles. The van der Waals surface area contributed by atoms with Gasteiger partial charge in [0.2, 0.25) is 5.91 Å². The zero-order valence-corrected chi connectivity index (χ0v) is 15.8. The molecule has 0 saturated heterocycles. The summed E-state index contributed by atoms with van der Waals surface area (Å²) < 4.78 is 32.1. The molecule has 140 valence electrons. The third-order valence-electron chi connectivity index (χ3n) is 3.44. The van der Waals surface area contributed by atoms with Crippen LogP contribution in [0.1, 0.15) is 0 Å². The fourth-order valence-corrected chi connectivity index (χ4v) is 3.84. The minimum Gasteiger partial charge on any atom is -0.492 e. The van der Waals surface area contributed by atoms with Gasteiger partial charge in [0.25, 0.3) is 0 Å². The molecule has 1 N–H and O–H groups in total. The van der Waals surface area contributed by atoms with Crippen molar-refractivity contribution in [3.05, 3.63) is 65.5 Å². The number of hydrogen-bond acceptors (Lipinski definition) is 5. The normalized spacial score (nSPS) is 10.6. The van der Waals surface area contributed by atoms with Gasteiger partial charge in [0.1, 0.15) is 24.0 Å². The smallest absolute Gasteiger partial charge is 0.230 e. The van der Waals surface area contributed by atoms with Crippen LogP contribution >= 0.6 is 23.1 Å². The van der Waals surface area contributed by atoms with Gasteiger partial charge in [-0.3, -0.25) is 4.79 Å². The van der Waals surface area contributed by atoms with Crippen molar-refractivity contribution < 1.29 is 18.3 Å². The highest BCUT2D eigenvalue weighted by molar-refractivity contribution is 8.01. The first-order valence-electron chi connectivity index (χ1n) is 8.09. The van der Waals surface area contributed by atoms with Crippen molar-refractivity contribution in [3.63, 3.8) is 0 Å². The number of amides is 1. The fraction of sp³-hybridized carbons (Fsp3) is 0.158. The summed E-state index contributed by atoms with van der Waals surface area (Å²) in [6.45, 7) is 0.584. The summed E-state index contributed by atoms with van der Waals surface area (Å²) in [6, 6.07) is 12.0. The van der Waals surface area contributed by atoms with Crippen LogP contribution in [0.3, 0.4) is 0 Å². The summed E-state index contributed by atoms with van der Waals surface area (Å²) in [6.07, 6.45) is 0. The Labute approximate surface area is 163 Å². The summed E-state index contributed by atoms with van der Waals surface area (Å²) in [5.74, 6) is -0.134. The second-order valence-corrected chi connectivity index (χ2v) is 7.53. The van der Waals surface area contributed by atoms with E-state index in [1.807, 2.05) is 5.38 Å². The maximum absolute atomic E-state index is 13.0. The standard InChI is InChI=1S/C19H16F2N2O2S2/c20-14-6-4-13(5-7-14)17-11-26-19(23-17)27-12-18(24)22-8-9-25-16-3-1-2-15(21)10-16/h1-7,10-11H,8-9,12H2,(H,22,24). The van der Waals surface area contributed by atoms with Crippen molar-refractivity contribution in [2.24, 2.45) is 0 Å². The Bertz CT molecular complexity index is 901. The van der Waals surface area contributed by atoms with E-state index in [4.69, 9.17) is 4.74 Å². The summed E-state index contributed by atoms with van der Waals surface area (Å²) >= 11 is 2.77. The van der Waals surface area contributed by atoms with Crippen LogP contribution in [0.15, 0.2) is 58.3 Å². The molecule has 1 amide bonds. The zero-order chi connectivity index (χ0) is 19.1. The number of thioether (sulfide) groups is 1. The molecule has 0 radical (unpaired) electrons. The van der Waals surface area contributed by atoms with Gasteiger partial charge in [0, 0.05) is 17.0 Å². The number of hydrogen-bond donors (Lipinski definition) is 1. The van der Waals surface area contributed by atoms with Crippen LogP contribution in [0.5, 0.6) is 5.75 Å². The molecule has 4 nitrogen and oxygen atoms in total. The van der Waals surface area contributed by atoms with Gasteiger partial charge in [-0.2, -0.15) is 0 Å². The Morgan fingerprint density at radius 3 is 2.74 bits per heavy atom. The molecule has 0 saturated carbocycles. The molecular formula is C19H16F2N2O2S2. The lowest BCUT2D eigenvalue weighted by Gasteiger charge is -2.07. The van der Waals surface area contributed by atoms with E-state index in [1.54, 1.807) is 24.3 Å². The number of ether oxygens (including phenoxy) is 1. The third kappa shape index (κ3) is 6.04. The van der Waals surface area contributed by atoms with Crippen molar-refractivity contribution in [2.75, 3.05) is 18.9 Å². The van der Waals surface area contributed by atoms with E-state index >= 15 is 0 Å². The maximum atomic E-state index is 13.0. The van der Waals surface area contributed by atoms with Crippen molar-refractivity contribution in [2.45, 2.75) is 4.34 Å². The van der Waals surface area contributed by atoms with E-state index in [0.29, 0.717) is 12.3 Å². The van der Waals surface area contributed by atoms with Gasteiger partial charge >= 0.3 is 0 Å². The molecule has 3 rings (SSSR count). The molecular weight excluding hydrogens is 390 g/mol. The van der Waals surface area contributed by atoms with Crippen molar-refractivity contribution in [1.82, 2.24) is 10.3 Å². The molecule has 3 aromatic rings. The highest BCUT2D eigenvalue weighted by Gasteiger charge is 2.08. The van der Waals surface area contributed by atoms with Crippen LogP contribution in [-0.2, 0) is 4.79 Å². The molecule has 27 heavy (non-hydrogen) atoms. The third-order valence-corrected chi connectivity index (χ3v) is 5.46. The van der Waals surface area contributed by atoms with Crippen molar-refractivity contribution >= 4 is 29.0 Å². The maximum Gasteiger partial charge on any atom is 0.230 e. The molecule has 0 aliphatic carbocycles. The van der Waals surface area contributed by atoms with Gasteiger partial charge < -0.3 is 10.1 Å². The number of rotatable bonds is 8. The van der Waals surface area contributed by atoms with E-state index in [0.717, 1.165) is 15.6 Å². The number of aromatic nitrogens is 1. The van der Waals surface area contributed by atoms with Gasteiger partial charge in [-0.15, -0.1) is 11.3 Å². The highest BCUT2D eigenvalue weighted by Crippen LogP contribution is 2.28. The van der Waals surface area contributed by atoms with Gasteiger partial charge in [0.05, 0.1) is 18.0 Å². The Morgan fingerprint density at radius 1 is 1.15 bits per heavy atom. The molecule has 0 atom stereocenters. The largest absolute Gasteiger partial charge is 0.492 e. The number of nitrogens with zero attached hydrogens (tertiary/aromatic N) is 1. The Balaban J connectivity index is 1.38. The Morgan fingerprint density at radius 2 is 1.96 bits per heavy atom. The molecule has 0 fully saturated rings. The number of thiazole rings is 1. The molecule has 0 aliphatic heterocycles. The van der Waals surface area contributed by atoms with E-state index in [9.17, 15) is 13.6 Å². The van der Waals surface area contributed by atoms with Gasteiger partial charge in [-0.1, -0.05) is 17.8 Å². The minimum absolute atomic E-state index is 0.138. The van der Waals surface area contributed by atoms with Gasteiger partial charge in [-0.25, -0.2) is 13.8 Å². The molecule has 1 heterocycles.